The number of benzene rings is 1. The van der Waals surface area contributed by atoms with Crippen LogP contribution in [-0.4, -0.2) is 131 Å². The lowest BCUT2D eigenvalue weighted by molar-refractivity contribution is -0.138. The number of nitrogens with one attached hydrogen (secondary N) is 4. The fourth-order valence-corrected chi connectivity index (χ4v) is 15.3. The second-order valence-corrected chi connectivity index (χ2v) is 26.1. The van der Waals surface area contributed by atoms with Gasteiger partial charge >= 0.3 is 0 Å². The highest BCUT2D eigenvalue weighted by molar-refractivity contribution is 7.15. The van der Waals surface area contributed by atoms with Crippen molar-refractivity contribution in [1.82, 2.24) is 61.1 Å². The Hall–Kier alpha value is -8.17. The van der Waals surface area contributed by atoms with Gasteiger partial charge in [0.25, 0.3) is 23.6 Å². The van der Waals surface area contributed by atoms with Gasteiger partial charge in [0.2, 0.25) is 23.6 Å². The van der Waals surface area contributed by atoms with E-state index in [4.69, 9.17) is 45.9 Å². The largest absolute Gasteiger partial charge is 0.473 e. The Balaban J connectivity index is 0.966. The molecular weight excluding hydrogens is 1220 g/mol. The third kappa shape index (κ3) is 12.6. The molecule has 10 heterocycles. The number of carbonyl (C=O) groups excluding carboxylic acids is 7. The van der Waals surface area contributed by atoms with Gasteiger partial charge in [-0.15, -0.1) is 68.0 Å². The van der Waals surface area contributed by atoms with E-state index < -0.39 is 78.3 Å². The van der Waals surface area contributed by atoms with Gasteiger partial charge in [0.05, 0.1) is 42.2 Å². The third-order valence-corrected chi connectivity index (χ3v) is 19.7. The summed E-state index contributed by atoms with van der Waals surface area (Å²) in [5.74, 6) is -4.33. The van der Waals surface area contributed by atoms with E-state index in [1.54, 1.807) is 70.9 Å². The standard InChI is InChI=1S/C55H53N15O10S6/c1-23(2)38-54-69-41(35(86-54)18-79-4)46(76)58-16-37(72)66-42(43(73)25-9-6-5-7-10-25)53-65-33(22-84-53)51-62-30(19-82-51)40-26(49-63-31(20-81-49)45(75)60-28(15-36(56)71)52-68-39(24(3)85-52)47(77)67-38)12-13-27(59-40)50-64-32(21-83-50)48-61-29(17-80-48)55(78)70-14-8-11-34(70)44(57)74/h5-7,9-10,12-13,19-23,28-29,34,38,42-43,73H,8,11,14-18H2,1-4H3,(H2,56,71)(H2,57,74)(H,58,76)(H,60,75)(H,66,72)(H,67,77). The number of aryl methyl sites for hydroxylation is 1. The van der Waals surface area contributed by atoms with E-state index in [-0.39, 0.29) is 59.4 Å². The summed E-state index contributed by atoms with van der Waals surface area (Å²) < 4.78 is 11.3. The summed E-state index contributed by atoms with van der Waals surface area (Å²) in [6.45, 7) is 5.25. The molecule has 1 saturated heterocycles. The number of aliphatic imine (C=N–C) groups is 1. The van der Waals surface area contributed by atoms with Gasteiger partial charge in [-0.3, -0.25) is 33.6 Å². The molecule has 3 aliphatic heterocycles. The molecule has 9 N–H and O–H groups in total. The Morgan fingerprint density at radius 3 is 2.20 bits per heavy atom. The second-order valence-electron chi connectivity index (χ2n) is 20.3. The van der Waals surface area contributed by atoms with E-state index in [0.29, 0.717) is 93.8 Å². The SMILES string of the molecule is COCc1sc2nc1C(=O)NCC(=O)NC(C(O)c1ccccc1)c1nc(cs1)-c1nc(cs1)-c1nc(-c3nc(C4=NC(C(=O)N5CCCC5C(N)=O)CO4)cs3)ccc1-c1nc(cs1)C(=O)NC(CC(N)=O)c1nc(c(C)s1)C(=O)NC2C(C)C. The zero-order chi connectivity index (χ0) is 60.5. The molecule has 6 unspecified atom stereocenters. The fourth-order valence-electron chi connectivity index (χ4n) is 9.75. The first-order valence-corrected chi connectivity index (χ1v) is 31.9. The molecule has 86 heavy (non-hydrogen) atoms. The first kappa shape index (κ1) is 59.6. The summed E-state index contributed by atoms with van der Waals surface area (Å²) in [7, 11) is 1.46. The van der Waals surface area contributed by atoms with Crippen molar-refractivity contribution in [2.24, 2.45) is 22.4 Å². The van der Waals surface area contributed by atoms with E-state index in [1.165, 1.54) is 46.0 Å². The number of nitrogens with two attached hydrogens (primary N) is 2. The van der Waals surface area contributed by atoms with Crippen LogP contribution in [0.15, 0.2) is 69.0 Å². The molecule has 0 radical (unpaired) electrons. The predicted molar refractivity (Wildman–Crippen MR) is 322 cm³/mol. The maximum absolute atomic E-state index is 14.2. The van der Waals surface area contributed by atoms with Crippen LogP contribution in [0.5, 0.6) is 0 Å². The Morgan fingerprint density at radius 1 is 0.733 bits per heavy atom. The molecule has 3 aliphatic rings. The van der Waals surface area contributed by atoms with E-state index in [1.807, 2.05) is 13.8 Å². The first-order chi connectivity index (χ1) is 41.4. The zero-order valence-corrected chi connectivity index (χ0v) is 51.0. The topological polar surface area (TPSA) is 364 Å². The van der Waals surface area contributed by atoms with Crippen molar-refractivity contribution in [2.45, 2.75) is 83.0 Å². The number of carbonyl (C=O) groups is 7. The number of likely N-dealkylation sites (tertiary alicyclic amines) is 1. The van der Waals surface area contributed by atoms with Gasteiger partial charge in [-0.25, -0.2) is 39.9 Å². The highest BCUT2D eigenvalue weighted by Crippen LogP contribution is 2.40. The van der Waals surface area contributed by atoms with Gasteiger partial charge in [0.15, 0.2) is 6.04 Å². The summed E-state index contributed by atoms with van der Waals surface area (Å²) in [6, 6.07) is 7.79. The molecule has 1 fully saturated rings. The van der Waals surface area contributed by atoms with Crippen LogP contribution in [0, 0.1) is 12.8 Å². The molecule has 0 spiro atoms. The molecule has 10 bridgehead atoms. The van der Waals surface area contributed by atoms with Crippen LogP contribution in [0.3, 0.4) is 0 Å². The molecule has 25 nitrogen and oxygen atoms in total. The van der Waals surface area contributed by atoms with Crippen LogP contribution in [0.1, 0.15) is 125 Å². The third-order valence-electron chi connectivity index (χ3n) is 14.0. The smallest absolute Gasteiger partial charge is 0.271 e. The van der Waals surface area contributed by atoms with Crippen molar-refractivity contribution in [1.29, 1.82) is 0 Å². The Kier molecular flexibility index (Phi) is 17.6. The van der Waals surface area contributed by atoms with Crippen molar-refractivity contribution >= 4 is 115 Å². The van der Waals surface area contributed by atoms with Crippen molar-refractivity contribution in [3.8, 4) is 43.4 Å². The van der Waals surface area contributed by atoms with Gasteiger partial charge in [-0.05, 0) is 43.4 Å². The number of fused-ring (bicyclic) bond motifs is 14. The minimum atomic E-state index is -1.29. The summed E-state index contributed by atoms with van der Waals surface area (Å²) >= 11 is 7.11. The molecule has 0 aliphatic carbocycles. The molecule has 6 atom stereocenters. The van der Waals surface area contributed by atoms with Gasteiger partial charge in [0, 0.05) is 45.6 Å². The number of amides is 7. The summed E-state index contributed by atoms with van der Waals surface area (Å²) in [5.41, 5.74) is 14.3. The molecule has 7 amide bonds. The average molecular weight is 1280 g/mol. The maximum Gasteiger partial charge on any atom is 0.271 e. The molecular formula is C55H53N15O10S6. The van der Waals surface area contributed by atoms with Crippen molar-refractivity contribution in [3.05, 3.63) is 117 Å². The van der Waals surface area contributed by atoms with E-state index in [9.17, 15) is 38.7 Å². The highest BCUT2D eigenvalue weighted by atomic mass is 32.1. The number of aliphatic hydroxyl groups excluding tert-OH is 1. The molecule has 8 aromatic rings. The molecule has 31 heteroatoms. The second kappa shape index (κ2) is 25.4. The number of hydrogen-bond acceptors (Lipinski definition) is 24. The van der Waals surface area contributed by atoms with Crippen LogP contribution < -0.4 is 32.7 Å². The van der Waals surface area contributed by atoms with Crippen LogP contribution in [0.4, 0.5) is 0 Å². The number of aromatic nitrogens is 7. The van der Waals surface area contributed by atoms with Crippen molar-refractivity contribution < 1.29 is 48.1 Å². The molecule has 0 saturated carbocycles. The highest BCUT2D eigenvalue weighted by Gasteiger charge is 2.39. The van der Waals surface area contributed by atoms with Gasteiger partial charge in [-0.2, -0.15) is 0 Å². The normalized spacial score (nSPS) is 19.7. The van der Waals surface area contributed by atoms with Crippen molar-refractivity contribution in [3.63, 3.8) is 0 Å². The number of pyridine rings is 1. The van der Waals surface area contributed by atoms with Gasteiger partial charge < -0.3 is 52.2 Å². The summed E-state index contributed by atoms with van der Waals surface area (Å²) in [4.78, 5) is 135. The summed E-state index contributed by atoms with van der Waals surface area (Å²) in [5, 5.41) is 32.4. The molecule has 1 aromatic carbocycles. The minimum absolute atomic E-state index is 0.00399. The number of aliphatic hydroxyl groups is 1. The number of ether oxygens (including phenoxy) is 2. The van der Waals surface area contributed by atoms with E-state index in [2.05, 4.69) is 36.2 Å². The predicted octanol–water partition coefficient (Wildman–Crippen LogP) is 5.67. The quantitative estimate of drug-likeness (QED) is 0.0819. The average Bonchev–Trinajstić information content (AvgIpc) is 2.71. The zero-order valence-electron chi connectivity index (χ0n) is 46.1. The number of thiazole rings is 6. The van der Waals surface area contributed by atoms with E-state index in [0.717, 1.165) is 34.0 Å². The molecule has 11 rings (SSSR count). The summed E-state index contributed by atoms with van der Waals surface area (Å²) in [6.07, 6.45) is -0.515. The van der Waals surface area contributed by atoms with Crippen LogP contribution in [-0.2, 0) is 35.3 Å². The van der Waals surface area contributed by atoms with Gasteiger partial charge in [-0.1, -0.05) is 44.2 Å². The first-order valence-electron chi connectivity index (χ1n) is 26.7. The molecule has 444 valence electrons. The number of rotatable bonds is 11. The Bertz CT molecular complexity index is 3960. The van der Waals surface area contributed by atoms with Crippen LogP contribution >= 0.6 is 68.0 Å². The Labute approximate surface area is 513 Å². The fraction of sp³-hybridized carbons (Fsp3) is 0.327. The lowest BCUT2D eigenvalue weighted by Gasteiger charge is -2.23. The minimum Gasteiger partial charge on any atom is -0.473 e. The van der Waals surface area contributed by atoms with Crippen molar-refractivity contribution in [2.75, 3.05) is 26.8 Å². The number of hydrogen-bond donors (Lipinski definition) is 7. The molecule has 7 aromatic heterocycles. The Morgan fingerprint density at radius 2 is 1.44 bits per heavy atom. The number of methoxy groups -OCH3 is 1. The monoisotopic (exact) mass is 1280 g/mol. The number of nitrogens with zero attached hydrogens (tertiary/aromatic N) is 9. The lowest BCUT2D eigenvalue weighted by atomic mass is 10.0. The van der Waals surface area contributed by atoms with Crippen LogP contribution in [0.25, 0.3) is 43.4 Å². The van der Waals surface area contributed by atoms with E-state index >= 15 is 0 Å². The van der Waals surface area contributed by atoms with Gasteiger partial charge in [0.1, 0.15) is 94.7 Å². The van der Waals surface area contributed by atoms with Crippen LogP contribution in [0.2, 0.25) is 0 Å². The number of primary amides is 2. The lowest BCUT2D eigenvalue weighted by Crippen LogP contribution is -2.47. The maximum atomic E-state index is 14.2.